The van der Waals surface area contributed by atoms with Crippen LogP contribution in [0.4, 0.5) is 0 Å². The highest BCUT2D eigenvalue weighted by Gasteiger charge is 2.23. The summed E-state index contributed by atoms with van der Waals surface area (Å²) in [6.45, 7) is 1.40. The fraction of sp³-hybridized carbons (Fsp3) is 0.360. The standard InChI is InChI=1S/C25H25BrClN3O5/c1-14(25(32)33)35-22-19(27)10-15(11-21(22)34-2)13-28-30-23(16-6-4-3-5-7-16)29-20-9-8-17(26)12-18(20)24(30)31/h8-14,16H,3-7H2,1-2H3,(H,32,33)/t14-/m1/s1. The lowest BCUT2D eigenvalue weighted by Gasteiger charge is -2.22. The van der Waals surface area contributed by atoms with Crippen molar-refractivity contribution in [2.75, 3.05) is 7.11 Å². The molecule has 1 heterocycles. The van der Waals surface area contributed by atoms with E-state index in [0.717, 1.165) is 30.2 Å². The molecule has 0 aliphatic heterocycles. The fourth-order valence-corrected chi connectivity index (χ4v) is 4.81. The number of hydrogen-bond acceptors (Lipinski definition) is 6. The molecule has 0 spiro atoms. The van der Waals surface area contributed by atoms with E-state index in [-0.39, 0.29) is 28.0 Å². The van der Waals surface area contributed by atoms with Crippen LogP contribution in [0.3, 0.4) is 0 Å². The Balaban J connectivity index is 1.78. The van der Waals surface area contributed by atoms with E-state index in [4.69, 9.17) is 31.2 Å². The summed E-state index contributed by atoms with van der Waals surface area (Å²) in [7, 11) is 1.43. The number of rotatable bonds is 7. The third-order valence-electron chi connectivity index (χ3n) is 6.02. The third-order valence-corrected chi connectivity index (χ3v) is 6.79. The molecule has 1 aromatic heterocycles. The van der Waals surface area contributed by atoms with Gasteiger partial charge in [0.05, 0.1) is 29.2 Å². The number of carboxylic acid groups (broad SMARTS) is 1. The van der Waals surface area contributed by atoms with Gasteiger partial charge in [0.1, 0.15) is 5.82 Å². The van der Waals surface area contributed by atoms with Crippen molar-refractivity contribution in [1.29, 1.82) is 0 Å². The van der Waals surface area contributed by atoms with Crippen LogP contribution in [0.15, 0.2) is 44.7 Å². The van der Waals surface area contributed by atoms with E-state index in [1.54, 1.807) is 18.2 Å². The van der Waals surface area contributed by atoms with Crippen LogP contribution in [-0.2, 0) is 4.79 Å². The minimum absolute atomic E-state index is 0.124. The zero-order valence-electron chi connectivity index (χ0n) is 19.3. The number of carbonyl (C=O) groups is 1. The second-order valence-corrected chi connectivity index (χ2v) is 9.78. The third kappa shape index (κ3) is 5.51. The first-order valence-corrected chi connectivity index (χ1v) is 12.5. The van der Waals surface area contributed by atoms with Crippen molar-refractivity contribution < 1.29 is 19.4 Å². The van der Waals surface area contributed by atoms with Gasteiger partial charge >= 0.3 is 5.97 Å². The highest BCUT2D eigenvalue weighted by atomic mass is 79.9. The van der Waals surface area contributed by atoms with Crippen LogP contribution in [0.2, 0.25) is 5.02 Å². The molecule has 1 atom stereocenters. The molecule has 3 aromatic rings. The maximum absolute atomic E-state index is 13.5. The Morgan fingerprint density at radius 1 is 1.29 bits per heavy atom. The summed E-state index contributed by atoms with van der Waals surface area (Å²) in [6, 6.07) is 8.65. The number of carboxylic acids is 1. The van der Waals surface area contributed by atoms with E-state index in [1.165, 1.54) is 31.3 Å². The lowest BCUT2D eigenvalue weighted by molar-refractivity contribution is -0.144. The summed E-state index contributed by atoms with van der Waals surface area (Å²) in [5.41, 5.74) is 0.948. The van der Waals surface area contributed by atoms with Crippen molar-refractivity contribution in [3.63, 3.8) is 0 Å². The first kappa shape index (κ1) is 25.2. The summed E-state index contributed by atoms with van der Waals surface area (Å²) in [5, 5.41) is 14.3. The van der Waals surface area contributed by atoms with Crippen molar-refractivity contribution >= 4 is 50.6 Å². The molecule has 8 nitrogen and oxygen atoms in total. The number of ether oxygens (including phenoxy) is 2. The first-order valence-electron chi connectivity index (χ1n) is 11.3. The topological polar surface area (TPSA) is 103 Å². The van der Waals surface area contributed by atoms with Gasteiger partial charge in [0.2, 0.25) is 0 Å². The van der Waals surface area contributed by atoms with Gasteiger partial charge in [0.15, 0.2) is 17.6 Å². The number of aromatic nitrogens is 2. The van der Waals surface area contributed by atoms with Gasteiger partial charge in [-0.15, -0.1) is 0 Å². The first-order chi connectivity index (χ1) is 16.8. The average molecular weight is 563 g/mol. The van der Waals surface area contributed by atoms with Gasteiger partial charge in [-0.1, -0.05) is 46.8 Å². The van der Waals surface area contributed by atoms with E-state index in [0.29, 0.717) is 22.3 Å². The van der Waals surface area contributed by atoms with Crippen molar-refractivity contribution in [2.45, 2.75) is 51.0 Å². The maximum atomic E-state index is 13.5. The molecule has 1 N–H and O–H groups in total. The molecule has 0 amide bonds. The molecule has 1 aliphatic rings. The van der Waals surface area contributed by atoms with E-state index < -0.39 is 12.1 Å². The number of benzene rings is 2. The minimum Gasteiger partial charge on any atom is -0.493 e. The van der Waals surface area contributed by atoms with E-state index in [1.807, 2.05) is 12.1 Å². The number of nitrogens with zero attached hydrogens (tertiary/aromatic N) is 3. The molecule has 1 aliphatic carbocycles. The van der Waals surface area contributed by atoms with E-state index in [2.05, 4.69) is 21.0 Å². The lowest BCUT2D eigenvalue weighted by Crippen LogP contribution is -2.25. The molecule has 0 unspecified atom stereocenters. The number of methoxy groups -OCH3 is 1. The molecule has 1 saturated carbocycles. The Bertz CT molecular complexity index is 1350. The van der Waals surface area contributed by atoms with Gasteiger partial charge in [-0.2, -0.15) is 9.78 Å². The van der Waals surface area contributed by atoms with Gasteiger partial charge in [-0.05, 0) is 55.7 Å². The van der Waals surface area contributed by atoms with Crippen LogP contribution in [0.5, 0.6) is 11.5 Å². The van der Waals surface area contributed by atoms with Crippen molar-refractivity contribution in [2.24, 2.45) is 5.10 Å². The Morgan fingerprint density at radius 3 is 2.71 bits per heavy atom. The van der Waals surface area contributed by atoms with Crippen molar-refractivity contribution in [3.8, 4) is 11.5 Å². The lowest BCUT2D eigenvalue weighted by atomic mass is 9.88. The number of halogens is 2. The smallest absolute Gasteiger partial charge is 0.344 e. The van der Waals surface area contributed by atoms with Crippen LogP contribution in [-0.4, -0.2) is 40.2 Å². The second kappa shape index (κ2) is 10.8. The minimum atomic E-state index is -1.13. The van der Waals surface area contributed by atoms with Crippen molar-refractivity contribution in [3.05, 3.63) is 61.6 Å². The van der Waals surface area contributed by atoms with Crippen LogP contribution < -0.4 is 15.0 Å². The molecule has 2 aromatic carbocycles. The molecule has 35 heavy (non-hydrogen) atoms. The maximum Gasteiger partial charge on any atom is 0.344 e. The molecule has 0 saturated heterocycles. The summed E-state index contributed by atoms with van der Waals surface area (Å²) >= 11 is 9.80. The van der Waals surface area contributed by atoms with Gasteiger partial charge in [-0.25, -0.2) is 9.78 Å². The Morgan fingerprint density at radius 2 is 2.03 bits per heavy atom. The zero-order chi connectivity index (χ0) is 25.1. The molecule has 10 heteroatoms. The Kier molecular flexibility index (Phi) is 7.76. The normalized spacial score (nSPS) is 15.4. The van der Waals surface area contributed by atoms with Crippen LogP contribution in [0.25, 0.3) is 10.9 Å². The highest BCUT2D eigenvalue weighted by Crippen LogP contribution is 2.37. The molecular weight excluding hydrogens is 538 g/mol. The number of hydrogen-bond donors (Lipinski definition) is 1. The summed E-state index contributed by atoms with van der Waals surface area (Å²) < 4.78 is 13.0. The van der Waals surface area contributed by atoms with Crippen LogP contribution in [0, 0.1) is 0 Å². The SMILES string of the molecule is COc1cc(C=Nn2c(C3CCCCC3)nc3ccc(Br)cc3c2=O)cc(Cl)c1O[C@H](C)C(=O)O. The molecule has 0 radical (unpaired) electrons. The molecule has 4 rings (SSSR count). The van der Waals surface area contributed by atoms with Gasteiger partial charge < -0.3 is 14.6 Å². The number of aliphatic carboxylic acids is 1. The van der Waals surface area contributed by atoms with Crippen LogP contribution in [0.1, 0.15) is 56.3 Å². The molecule has 0 bridgehead atoms. The zero-order valence-corrected chi connectivity index (χ0v) is 21.7. The van der Waals surface area contributed by atoms with Crippen molar-refractivity contribution in [1.82, 2.24) is 9.66 Å². The fourth-order valence-electron chi connectivity index (χ4n) is 4.18. The average Bonchev–Trinajstić information content (AvgIpc) is 2.85. The second-order valence-electron chi connectivity index (χ2n) is 8.46. The van der Waals surface area contributed by atoms with Gasteiger partial charge in [0.25, 0.3) is 5.56 Å². The summed E-state index contributed by atoms with van der Waals surface area (Å²) in [6.07, 6.45) is 5.67. The van der Waals surface area contributed by atoms with Gasteiger partial charge in [-0.3, -0.25) is 4.79 Å². The molecular formula is C25H25BrClN3O5. The Hall–Kier alpha value is -2.91. The van der Waals surface area contributed by atoms with Crippen LogP contribution >= 0.6 is 27.5 Å². The van der Waals surface area contributed by atoms with Gasteiger partial charge in [0, 0.05) is 10.4 Å². The largest absolute Gasteiger partial charge is 0.493 e. The number of fused-ring (bicyclic) bond motifs is 1. The predicted octanol–water partition coefficient (Wildman–Crippen LogP) is 5.60. The molecule has 1 fully saturated rings. The Labute approximate surface area is 215 Å². The van der Waals surface area contributed by atoms with E-state index >= 15 is 0 Å². The molecule has 184 valence electrons. The highest BCUT2D eigenvalue weighted by molar-refractivity contribution is 9.10. The summed E-state index contributed by atoms with van der Waals surface area (Å²) in [4.78, 5) is 29.5. The predicted molar refractivity (Wildman–Crippen MR) is 138 cm³/mol. The monoisotopic (exact) mass is 561 g/mol. The van der Waals surface area contributed by atoms with E-state index in [9.17, 15) is 9.59 Å². The quantitative estimate of drug-likeness (QED) is 0.376. The summed E-state index contributed by atoms with van der Waals surface area (Å²) in [5.74, 6) is 0.0481.